The second-order valence-electron chi connectivity index (χ2n) is 6.10. The van der Waals surface area contributed by atoms with E-state index in [0.717, 1.165) is 0 Å². The van der Waals surface area contributed by atoms with Crippen LogP contribution in [0, 0.1) is 11.3 Å². The van der Waals surface area contributed by atoms with Crippen LogP contribution in [0.2, 0.25) is 0 Å². The maximum atomic E-state index is 11.7. The molecule has 1 aliphatic carbocycles. The molecule has 0 aromatic heterocycles. The molecule has 0 aromatic rings. The summed E-state index contributed by atoms with van der Waals surface area (Å²) in [7, 11) is 0. The van der Waals surface area contributed by atoms with Gasteiger partial charge < -0.3 is 4.74 Å². The molecule has 1 atom stereocenters. The van der Waals surface area contributed by atoms with Gasteiger partial charge in [-0.25, -0.2) is 0 Å². The molecule has 1 aliphatic rings. The van der Waals surface area contributed by atoms with Crippen LogP contribution in [0.25, 0.3) is 0 Å². The zero-order valence-corrected chi connectivity index (χ0v) is 10.2. The van der Waals surface area contributed by atoms with Gasteiger partial charge in [-0.05, 0) is 32.6 Å². The van der Waals surface area contributed by atoms with Gasteiger partial charge in [-0.3, -0.25) is 9.59 Å². The Morgan fingerprint density at radius 3 is 2.27 bits per heavy atom. The zero-order valence-electron chi connectivity index (χ0n) is 10.2. The van der Waals surface area contributed by atoms with E-state index in [4.69, 9.17) is 4.74 Å². The third kappa shape index (κ3) is 3.33. The highest BCUT2D eigenvalue weighted by atomic mass is 16.6. The van der Waals surface area contributed by atoms with E-state index in [1.165, 1.54) is 0 Å². The normalized spacial score (nSPS) is 25.4. The maximum absolute atomic E-state index is 11.7. The lowest BCUT2D eigenvalue weighted by molar-refractivity contribution is -0.161. The molecule has 0 radical (unpaired) electrons. The van der Waals surface area contributed by atoms with Gasteiger partial charge in [0, 0.05) is 6.42 Å². The molecule has 0 heterocycles. The molecule has 0 amide bonds. The highest BCUT2D eigenvalue weighted by Gasteiger charge is 2.43. The van der Waals surface area contributed by atoms with Gasteiger partial charge in [-0.15, -0.1) is 0 Å². The molecule has 0 aliphatic heterocycles. The van der Waals surface area contributed by atoms with Gasteiger partial charge in [-0.2, -0.15) is 0 Å². The third-order valence-corrected chi connectivity index (χ3v) is 2.49. The van der Waals surface area contributed by atoms with Crippen LogP contribution in [0.15, 0.2) is 0 Å². The van der Waals surface area contributed by atoms with Crippen LogP contribution < -0.4 is 0 Å². The SMILES string of the molecule is CC1(C)CC(=O)C(C(=O)OC(C)(C)C)C1. The Kier molecular flexibility index (Phi) is 2.94. The van der Waals surface area contributed by atoms with Gasteiger partial charge in [0.1, 0.15) is 17.3 Å². The van der Waals surface area contributed by atoms with E-state index in [1.54, 1.807) is 0 Å². The van der Waals surface area contributed by atoms with Crippen LogP contribution in [0.5, 0.6) is 0 Å². The standard InChI is InChI=1S/C12H20O3/c1-11(2,3)15-10(14)8-6-12(4,5)7-9(8)13/h8H,6-7H2,1-5H3. The Labute approximate surface area is 91.2 Å². The molecule has 0 aromatic carbocycles. The largest absolute Gasteiger partial charge is 0.459 e. The number of hydrogen-bond acceptors (Lipinski definition) is 3. The van der Waals surface area contributed by atoms with Crippen molar-refractivity contribution >= 4 is 11.8 Å². The average molecular weight is 212 g/mol. The van der Waals surface area contributed by atoms with Crippen molar-refractivity contribution in [2.24, 2.45) is 11.3 Å². The first kappa shape index (κ1) is 12.2. The molecule has 1 unspecified atom stereocenters. The van der Waals surface area contributed by atoms with E-state index in [-0.39, 0.29) is 17.2 Å². The molecule has 0 N–H and O–H groups in total. The Bertz CT molecular complexity index is 284. The summed E-state index contributed by atoms with van der Waals surface area (Å²) in [6.45, 7) is 9.46. The zero-order chi connectivity index (χ0) is 11.9. The minimum atomic E-state index is -0.542. The monoisotopic (exact) mass is 212 g/mol. The molecule has 3 heteroatoms. The number of Topliss-reactive ketones (excluding diaryl/α,β-unsaturated/α-hetero) is 1. The highest BCUT2D eigenvalue weighted by Crippen LogP contribution is 2.39. The summed E-state index contributed by atoms with van der Waals surface area (Å²) in [4.78, 5) is 23.3. The first-order chi connectivity index (χ1) is 6.61. The van der Waals surface area contributed by atoms with Crippen LogP contribution in [0.3, 0.4) is 0 Å². The van der Waals surface area contributed by atoms with E-state index >= 15 is 0 Å². The fraction of sp³-hybridized carbons (Fsp3) is 0.833. The lowest BCUT2D eigenvalue weighted by atomic mass is 9.90. The van der Waals surface area contributed by atoms with Crippen molar-refractivity contribution in [3.8, 4) is 0 Å². The number of hydrogen-bond donors (Lipinski definition) is 0. The van der Waals surface area contributed by atoms with Crippen molar-refractivity contribution in [1.82, 2.24) is 0 Å². The van der Waals surface area contributed by atoms with Crippen LogP contribution in [0.4, 0.5) is 0 Å². The first-order valence-electron chi connectivity index (χ1n) is 5.36. The van der Waals surface area contributed by atoms with Crippen molar-refractivity contribution in [3.63, 3.8) is 0 Å². The van der Waals surface area contributed by atoms with Crippen LogP contribution in [0.1, 0.15) is 47.5 Å². The molecule has 3 nitrogen and oxygen atoms in total. The topological polar surface area (TPSA) is 43.4 Å². The van der Waals surface area contributed by atoms with Gasteiger partial charge in [0.05, 0.1) is 0 Å². The molecule has 86 valence electrons. The van der Waals surface area contributed by atoms with Crippen molar-refractivity contribution in [2.75, 3.05) is 0 Å². The summed E-state index contributed by atoms with van der Waals surface area (Å²) < 4.78 is 5.23. The lowest BCUT2D eigenvalue weighted by Crippen LogP contribution is -2.30. The summed E-state index contributed by atoms with van der Waals surface area (Å²) in [6.07, 6.45) is 1.09. The fourth-order valence-corrected chi connectivity index (χ4v) is 1.92. The summed E-state index contributed by atoms with van der Waals surface area (Å²) in [5.74, 6) is -0.883. The Morgan fingerprint density at radius 2 is 1.93 bits per heavy atom. The van der Waals surface area contributed by atoms with Gasteiger partial charge >= 0.3 is 5.97 Å². The van der Waals surface area contributed by atoms with Gasteiger partial charge in [0.25, 0.3) is 0 Å². The van der Waals surface area contributed by atoms with Crippen molar-refractivity contribution in [2.45, 2.75) is 53.1 Å². The minimum Gasteiger partial charge on any atom is -0.459 e. The van der Waals surface area contributed by atoms with E-state index in [0.29, 0.717) is 12.8 Å². The van der Waals surface area contributed by atoms with Crippen LogP contribution in [-0.4, -0.2) is 17.4 Å². The Hall–Kier alpha value is -0.860. The summed E-state index contributed by atoms with van der Waals surface area (Å²) in [5.41, 5.74) is -0.567. The molecule has 1 saturated carbocycles. The predicted molar refractivity (Wildman–Crippen MR) is 57.4 cm³/mol. The van der Waals surface area contributed by atoms with E-state index in [2.05, 4.69) is 0 Å². The van der Waals surface area contributed by atoms with E-state index < -0.39 is 11.5 Å². The number of esters is 1. The summed E-state index contributed by atoms with van der Waals surface area (Å²) >= 11 is 0. The third-order valence-electron chi connectivity index (χ3n) is 2.49. The predicted octanol–water partition coefficient (Wildman–Crippen LogP) is 2.33. The van der Waals surface area contributed by atoms with Crippen molar-refractivity contribution in [1.29, 1.82) is 0 Å². The molecule has 1 rings (SSSR count). The van der Waals surface area contributed by atoms with Gasteiger partial charge in [0.15, 0.2) is 0 Å². The molecule has 15 heavy (non-hydrogen) atoms. The smallest absolute Gasteiger partial charge is 0.317 e. The van der Waals surface area contributed by atoms with E-state index in [9.17, 15) is 9.59 Å². The molecular weight excluding hydrogens is 192 g/mol. The first-order valence-corrected chi connectivity index (χ1v) is 5.36. The van der Waals surface area contributed by atoms with Crippen LogP contribution in [-0.2, 0) is 14.3 Å². The molecule has 0 spiro atoms. The quantitative estimate of drug-likeness (QED) is 0.495. The number of rotatable bonds is 1. The molecule has 0 saturated heterocycles. The second-order valence-corrected chi connectivity index (χ2v) is 6.10. The van der Waals surface area contributed by atoms with Crippen molar-refractivity contribution in [3.05, 3.63) is 0 Å². The maximum Gasteiger partial charge on any atom is 0.317 e. The minimum absolute atomic E-state index is 0.0225. The molecule has 1 fully saturated rings. The average Bonchev–Trinajstić information content (AvgIpc) is 2.20. The number of carbonyl (C=O) groups is 2. The number of carbonyl (C=O) groups excluding carboxylic acids is 2. The molecular formula is C12H20O3. The van der Waals surface area contributed by atoms with Crippen LogP contribution >= 0.6 is 0 Å². The lowest BCUT2D eigenvalue weighted by Gasteiger charge is -2.22. The fourth-order valence-electron chi connectivity index (χ4n) is 1.92. The summed E-state index contributed by atoms with van der Waals surface area (Å²) in [5, 5.41) is 0. The Morgan fingerprint density at radius 1 is 1.40 bits per heavy atom. The highest BCUT2D eigenvalue weighted by molar-refractivity contribution is 6.01. The summed E-state index contributed by atoms with van der Waals surface area (Å²) in [6, 6.07) is 0. The Balaban J connectivity index is 2.67. The van der Waals surface area contributed by atoms with Gasteiger partial charge in [-0.1, -0.05) is 13.8 Å². The molecule has 0 bridgehead atoms. The van der Waals surface area contributed by atoms with Gasteiger partial charge in [0.2, 0.25) is 0 Å². The van der Waals surface area contributed by atoms with Crippen molar-refractivity contribution < 1.29 is 14.3 Å². The number of ketones is 1. The second kappa shape index (κ2) is 3.62. The van der Waals surface area contributed by atoms with E-state index in [1.807, 2.05) is 34.6 Å². The number of ether oxygens (including phenoxy) is 1.